The van der Waals surface area contributed by atoms with Gasteiger partial charge in [-0.1, -0.05) is 0 Å². The van der Waals surface area contributed by atoms with Gasteiger partial charge in [-0.05, 0) is 31.3 Å². The lowest BCUT2D eigenvalue weighted by Crippen LogP contribution is -2.26. The molecule has 1 aromatic rings. The fourth-order valence-corrected chi connectivity index (χ4v) is 1.43. The highest BCUT2D eigenvalue weighted by Gasteiger charge is 2.08. The highest BCUT2D eigenvalue weighted by Crippen LogP contribution is 2.11. The average molecular weight is 232 g/mol. The van der Waals surface area contributed by atoms with Crippen LogP contribution in [-0.2, 0) is 0 Å². The standard InChI is InChI=1S/C13H16N2O2/c1-15(9-3-8-14)10-13(16)11-4-6-12(17-2)7-5-11/h4-7H,3,9-10H2,1-2H3. The molecule has 0 fully saturated rings. The second-order valence-corrected chi connectivity index (χ2v) is 3.80. The predicted octanol–water partition coefficient (Wildman–Crippen LogP) is 1.72. The zero-order valence-electron chi connectivity index (χ0n) is 10.1. The van der Waals surface area contributed by atoms with Crippen molar-refractivity contribution >= 4 is 5.78 Å². The molecule has 4 nitrogen and oxygen atoms in total. The summed E-state index contributed by atoms with van der Waals surface area (Å²) < 4.78 is 5.03. The van der Waals surface area contributed by atoms with Crippen LogP contribution in [0.15, 0.2) is 24.3 Å². The molecule has 0 amide bonds. The molecule has 0 heterocycles. The fourth-order valence-electron chi connectivity index (χ4n) is 1.43. The van der Waals surface area contributed by atoms with Gasteiger partial charge in [0.15, 0.2) is 5.78 Å². The Morgan fingerprint density at radius 2 is 2.06 bits per heavy atom. The monoisotopic (exact) mass is 232 g/mol. The van der Waals surface area contributed by atoms with Crippen LogP contribution in [0.2, 0.25) is 0 Å². The van der Waals surface area contributed by atoms with Crippen molar-refractivity contribution in [2.45, 2.75) is 6.42 Å². The second kappa shape index (κ2) is 6.66. The Bertz CT molecular complexity index is 406. The van der Waals surface area contributed by atoms with E-state index < -0.39 is 0 Å². The smallest absolute Gasteiger partial charge is 0.176 e. The molecule has 17 heavy (non-hydrogen) atoms. The predicted molar refractivity (Wildman–Crippen MR) is 65.1 cm³/mol. The van der Waals surface area contributed by atoms with Crippen LogP contribution >= 0.6 is 0 Å². The summed E-state index contributed by atoms with van der Waals surface area (Å²) in [5.74, 6) is 0.785. The Morgan fingerprint density at radius 1 is 1.41 bits per heavy atom. The van der Waals surface area contributed by atoms with E-state index in [1.54, 1.807) is 31.4 Å². The summed E-state index contributed by atoms with van der Waals surface area (Å²) in [5.41, 5.74) is 0.662. The molecule has 0 bridgehead atoms. The minimum absolute atomic E-state index is 0.0492. The first-order valence-electron chi connectivity index (χ1n) is 5.40. The summed E-state index contributed by atoms with van der Waals surface area (Å²) in [4.78, 5) is 13.7. The number of nitriles is 1. The molecule has 0 N–H and O–H groups in total. The van der Waals surface area contributed by atoms with Crippen molar-refractivity contribution in [1.29, 1.82) is 5.26 Å². The quantitative estimate of drug-likeness (QED) is 0.701. The molecule has 0 aliphatic carbocycles. The van der Waals surface area contributed by atoms with Crippen LogP contribution in [0, 0.1) is 11.3 Å². The van der Waals surface area contributed by atoms with Crippen LogP contribution in [0.3, 0.4) is 0 Å². The first-order chi connectivity index (χ1) is 8.17. The summed E-state index contributed by atoms with van der Waals surface area (Å²) in [7, 11) is 3.42. The van der Waals surface area contributed by atoms with Gasteiger partial charge < -0.3 is 4.74 Å². The van der Waals surface area contributed by atoms with Crippen molar-refractivity contribution in [3.63, 3.8) is 0 Å². The first kappa shape index (κ1) is 13.2. The fraction of sp³-hybridized carbons (Fsp3) is 0.385. The van der Waals surface area contributed by atoms with Gasteiger partial charge in [-0.2, -0.15) is 5.26 Å². The van der Waals surface area contributed by atoms with Gasteiger partial charge in [0.05, 0.1) is 19.7 Å². The summed E-state index contributed by atoms with van der Waals surface area (Å²) in [6.45, 7) is 0.937. The third kappa shape index (κ3) is 4.25. The van der Waals surface area contributed by atoms with Crippen molar-refractivity contribution in [1.82, 2.24) is 4.90 Å². The molecule has 0 radical (unpaired) electrons. The Kier molecular flexibility index (Phi) is 5.18. The van der Waals surface area contributed by atoms with Gasteiger partial charge in [-0.25, -0.2) is 0 Å². The van der Waals surface area contributed by atoms with E-state index in [1.165, 1.54) is 0 Å². The van der Waals surface area contributed by atoms with E-state index in [-0.39, 0.29) is 5.78 Å². The van der Waals surface area contributed by atoms with Crippen molar-refractivity contribution in [2.75, 3.05) is 27.2 Å². The van der Waals surface area contributed by atoms with Crippen LogP contribution in [0.1, 0.15) is 16.8 Å². The molecule has 0 atom stereocenters. The molecule has 90 valence electrons. The van der Waals surface area contributed by atoms with E-state index in [1.807, 2.05) is 11.9 Å². The number of methoxy groups -OCH3 is 1. The number of Topliss-reactive ketones (excluding diaryl/α,β-unsaturated/α-hetero) is 1. The molecular formula is C13H16N2O2. The zero-order chi connectivity index (χ0) is 12.7. The maximum absolute atomic E-state index is 11.9. The number of hydrogen-bond donors (Lipinski definition) is 0. The third-order valence-electron chi connectivity index (χ3n) is 2.43. The van der Waals surface area contributed by atoms with Crippen molar-refractivity contribution in [2.24, 2.45) is 0 Å². The van der Waals surface area contributed by atoms with E-state index in [0.29, 0.717) is 25.1 Å². The zero-order valence-corrected chi connectivity index (χ0v) is 10.1. The Balaban J connectivity index is 2.54. The number of carbonyl (C=O) groups excluding carboxylic acids is 1. The summed E-state index contributed by atoms with van der Waals surface area (Å²) in [5, 5.41) is 8.45. The van der Waals surface area contributed by atoms with Crippen molar-refractivity contribution in [3.8, 4) is 11.8 Å². The largest absolute Gasteiger partial charge is 0.497 e. The number of benzene rings is 1. The lowest BCUT2D eigenvalue weighted by atomic mass is 10.1. The Morgan fingerprint density at radius 3 is 2.59 bits per heavy atom. The molecule has 0 saturated heterocycles. The van der Waals surface area contributed by atoms with Crippen LogP contribution in [-0.4, -0.2) is 37.9 Å². The Labute approximate surface area is 101 Å². The van der Waals surface area contributed by atoms with E-state index in [9.17, 15) is 4.79 Å². The number of nitrogens with zero attached hydrogens (tertiary/aromatic N) is 2. The minimum Gasteiger partial charge on any atom is -0.497 e. The molecule has 0 aliphatic heterocycles. The minimum atomic E-state index is 0.0492. The van der Waals surface area contributed by atoms with Gasteiger partial charge in [0.1, 0.15) is 5.75 Å². The van der Waals surface area contributed by atoms with Crippen LogP contribution in [0.25, 0.3) is 0 Å². The van der Waals surface area contributed by atoms with Crippen molar-refractivity contribution < 1.29 is 9.53 Å². The van der Waals surface area contributed by atoms with Crippen LogP contribution in [0.5, 0.6) is 5.75 Å². The Hall–Kier alpha value is -1.86. The van der Waals surface area contributed by atoms with Gasteiger partial charge in [0.25, 0.3) is 0 Å². The van der Waals surface area contributed by atoms with E-state index in [2.05, 4.69) is 6.07 Å². The van der Waals surface area contributed by atoms with E-state index in [0.717, 1.165) is 5.75 Å². The number of ketones is 1. The van der Waals surface area contributed by atoms with Crippen molar-refractivity contribution in [3.05, 3.63) is 29.8 Å². The number of likely N-dealkylation sites (N-methyl/N-ethyl adjacent to an activating group) is 1. The molecule has 0 aliphatic rings. The second-order valence-electron chi connectivity index (χ2n) is 3.80. The van der Waals surface area contributed by atoms with Gasteiger partial charge in [0.2, 0.25) is 0 Å². The SMILES string of the molecule is COc1ccc(C(=O)CN(C)CCC#N)cc1. The van der Waals surface area contributed by atoms with Gasteiger partial charge >= 0.3 is 0 Å². The molecule has 0 spiro atoms. The van der Waals surface area contributed by atoms with Gasteiger partial charge in [-0.15, -0.1) is 0 Å². The summed E-state index contributed by atoms with van der Waals surface area (Å²) in [6, 6.07) is 9.09. The average Bonchev–Trinajstić information content (AvgIpc) is 2.36. The highest BCUT2D eigenvalue weighted by atomic mass is 16.5. The van der Waals surface area contributed by atoms with Crippen LogP contribution in [0.4, 0.5) is 0 Å². The molecule has 4 heteroatoms. The third-order valence-corrected chi connectivity index (χ3v) is 2.43. The van der Waals surface area contributed by atoms with E-state index >= 15 is 0 Å². The maximum Gasteiger partial charge on any atom is 0.176 e. The van der Waals surface area contributed by atoms with Gasteiger partial charge in [0, 0.05) is 18.5 Å². The lowest BCUT2D eigenvalue weighted by molar-refractivity contribution is 0.0947. The van der Waals surface area contributed by atoms with E-state index in [4.69, 9.17) is 10.00 Å². The molecule has 0 saturated carbocycles. The maximum atomic E-state index is 11.9. The normalized spacial score (nSPS) is 10.0. The van der Waals surface area contributed by atoms with Crippen LogP contribution < -0.4 is 4.74 Å². The molecule has 1 aromatic carbocycles. The molecule has 0 unspecified atom stereocenters. The molecular weight excluding hydrogens is 216 g/mol. The number of hydrogen-bond acceptors (Lipinski definition) is 4. The summed E-state index contributed by atoms with van der Waals surface area (Å²) >= 11 is 0. The lowest BCUT2D eigenvalue weighted by Gasteiger charge is -2.13. The topological polar surface area (TPSA) is 53.3 Å². The number of ether oxygens (including phenoxy) is 1. The first-order valence-corrected chi connectivity index (χ1v) is 5.40. The van der Waals surface area contributed by atoms with Gasteiger partial charge in [-0.3, -0.25) is 9.69 Å². The number of rotatable bonds is 6. The molecule has 0 aromatic heterocycles. The number of carbonyl (C=O) groups is 1. The summed E-state index contributed by atoms with van der Waals surface area (Å²) in [6.07, 6.45) is 0.437. The highest BCUT2D eigenvalue weighted by molar-refractivity contribution is 5.97. The molecule has 1 rings (SSSR count).